The molecule has 2 aliphatic rings. The van der Waals surface area contributed by atoms with Gasteiger partial charge in [0.2, 0.25) is 5.91 Å². The molecule has 1 aliphatic heterocycles. The Labute approximate surface area is 197 Å². The molecule has 1 saturated heterocycles. The van der Waals surface area contributed by atoms with Crippen molar-refractivity contribution in [1.82, 2.24) is 15.4 Å². The lowest BCUT2D eigenvalue weighted by Crippen LogP contribution is -2.35. The number of piperidine rings is 1. The van der Waals surface area contributed by atoms with Gasteiger partial charge in [-0.2, -0.15) is 0 Å². The first kappa shape index (κ1) is 22.1. The van der Waals surface area contributed by atoms with Crippen molar-refractivity contribution in [3.05, 3.63) is 76.7 Å². The van der Waals surface area contributed by atoms with E-state index in [9.17, 15) is 9.18 Å². The number of carbonyl (C=O) groups excluding carboxylic acids is 1. The highest BCUT2D eigenvalue weighted by atomic mass is 35.5. The molecule has 5 rings (SSSR count). The summed E-state index contributed by atoms with van der Waals surface area (Å²) in [5.74, 6) is 0.842. The second-order valence-corrected chi connectivity index (χ2v) is 9.61. The number of fused-ring (bicyclic) bond motifs is 1. The van der Waals surface area contributed by atoms with Crippen LogP contribution in [0.25, 0.3) is 11.0 Å². The molecule has 1 amide bonds. The van der Waals surface area contributed by atoms with Crippen molar-refractivity contribution >= 4 is 28.5 Å². The van der Waals surface area contributed by atoms with Gasteiger partial charge in [0.15, 0.2) is 5.58 Å². The molecule has 1 aromatic heterocycles. The van der Waals surface area contributed by atoms with Crippen LogP contribution in [-0.4, -0.2) is 42.1 Å². The van der Waals surface area contributed by atoms with Crippen LogP contribution >= 0.6 is 11.6 Å². The third-order valence-electron chi connectivity index (χ3n) is 7.02. The van der Waals surface area contributed by atoms with Crippen molar-refractivity contribution in [2.45, 2.75) is 25.2 Å². The molecule has 0 spiro atoms. The molecule has 1 saturated carbocycles. The summed E-state index contributed by atoms with van der Waals surface area (Å²) >= 11 is 5.90. The first-order chi connectivity index (χ1) is 16.0. The summed E-state index contributed by atoms with van der Waals surface area (Å²) < 4.78 is 18.8. The smallest absolute Gasteiger partial charge is 0.224 e. The molecule has 3 aromatic rings. The maximum Gasteiger partial charge on any atom is 0.224 e. The molecular weight excluding hydrogens is 441 g/mol. The lowest BCUT2D eigenvalue weighted by molar-refractivity contribution is -0.120. The number of hydrogen-bond acceptors (Lipinski definition) is 4. The molecule has 2 fully saturated rings. The number of amides is 1. The third-order valence-corrected chi connectivity index (χ3v) is 7.27. The van der Waals surface area contributed by atoms with Gasteiger partial charge in [-0.05, 0) is 55.8 Å². The van der Waals surface area contributed by atoms with Gasteiger partial charge in [-0.3, -0.25) is 4.79 Å². The van der Waals surface area contributed by atoms with Gasteiger partial charge >= 0.3 is 0 Å². The predicted octanol–water partition coefficient (Wildman–Crippen LogP) is 4.96. The SMILES string of the molecule is C=C1[C@H](CNC(=O)Cc2ccc(Cl)cc2)[C@H]1CN1CCC(c2noc3cc(F)ccc23)CC1. The number of carbonyl (C=O) groups is 1. The molecule has 0 bridgehead atoms. The van der Waals surface area contributed by atoms with Crippen LogP contribution in [0, 0.1) is 17.7 Å². The van der Waals surface area contributed by atoms with Gasteiger partial charge < -0.3 is 14.7 Å². The van der Waals surface area contributed by atoms with Gasteiger partial charge in [-0.25, -0.2) is 4.39 Å². The largest absolute Gasteiger partial charge is 0.356 e. The highest BCUT2D eigenvalue weighted by Crippen LogP contribution is 2.45. The van der Waals surface area contributed by atoms with Gasteiger partial charge in [-0.15, -0.1) is 0 Å². The molecule has 1 aliphatic carbocycles. The second-order valence-electron chi connectivity index (χ2n) is 9.18. The van der Waals surface area contributed by atoms with Crippen LogP contribution < -0.4 is 5.32 Å². The molecule has 5 nitrogen and oxygen atoms in total. The monoisotopic (exact) mass is 467 g/mol. The van der Waals surface area contributed by atoms with Crippen LogP contribution in [0.1, 0.15) is 30.0 Å². The Morgan fingerprint density at radius 2 is 1.94 bits per heavy atom. The van der Waals surface area contributed by atoms with Crippen LogP contribution in [0.3, 0.4) is 0 Å². The van der Waals surface area contributed by atoms with Gasteiger partial charge in [0.1, 0.15) is 5.82 Å². The normalized spacial score (nSPS) is 21.5. The Morgan fingerprint density at radius 1 is 1.18 bits per heavy atom. The first-order valence-electron chi connectivity index (χ1n) is 11.4. The summed E-state index contributed by atoms with van der Waals surface area (Å²) in [6.45, 7) is 7.82. The van der Waals surface area contributed by atoms with E-state index in [0.29, 0.717) is 41.3 Å². The number of aromatic nitrogens is 1. The van der Waals surface area contributed by atoms with Gasteiger partial charge in [0.05, 0.1) is 12.1 Å². The topological polar surface area (TPSA) is 58.4 Å². The fourth-order valence-electron chi connectivity index (χ4n) is 4.93. The van der Waals surface area contributed by atoms with Crippen molar-refractivity contribution in [1.29, 1.82) is 0 Å². The molecular formula is C26H27ClFN3O2. The van der Waals surface area contributed by atoms with Crippen LogP contribution in [0.5, 0.6) is 0 Å². The van der Waals surface area contributed by atoms with Crippen molar-refractivity contribution in [2.75, 3.05) is 26.2 Å². The number of hydrogen-bond donors (Lipinski definition) is 1. The molecule has 2 heterocycles. The molecule has 172 valence electrons. The minimum Gasteiger partial charge on any atom is -0.356 e. The second kappa shape index (κ2) is 9.27. The van der Waals surface area contributed by atoms with Crippen molar-refractivity contribution in [3.63, 3.8) is 0 Å². The molecule has 7 heteroatoms. The average Bonchev–Trinajstić information content (AvgIpc) is 3.21. The lowest BCUT2D eigenvalue weighted by atomic mass is 9.91. The summed E-state index contributed by atoms with van der Waals surface area (Å²) in [6, 6.07) is 12.0. The van der Waals surface area contributed by atoms with Crippen LogP contribution in [0.2, 0.25) is 5.02 Å². The zero-order valence-corrected chi connectivity index (χ0v) is 19.2. The number of likely N-dealkylation sites (tertiary alicyclic amines) is 1. The molecule has 1 N–H and O–H groups in total. The van der Waals surface area contributed by atoms with Crippen LogP contribution in [0.15, 0.2) is 59.1 Å². The third kappa shape index (κ3) is 4.97. The van der Waals surface area contributed by atoms with Gasteiger partial charge in [0.25, 0.3) is 0 Å². The van der Waals surface area contributed by atoms with E-state index < -0.39 is 0 Å². The minimum atomic E-state index is -0.305. The standard InChI is InChI=1S/C26H27ClFN3O2/c1-16-22(14-29-25(32)12-17-2-4-19(27)5-3-17)23(16)15-31-10-8-18(9-11-31)26-21-7-6-20(28)13-24(21)33-30-26/h2-7,13,18,22-23H,1,8-12,14-15H2,(H,29,32)/t22-,23-/m0/s1. The van der Waals surface area contributed by atoms with Gasteiger partial charge in [0, 0.05) is 47.3 Å². The fourth-order valence-corrected chi connectivity index (χ4v) is 5.06. The van der Waals surface area contributed by atoms with Crippen LogP contribution in [0.4, 0.5) is 4.39 Å². The van der Waals surface area contributed by atoms with Crippen molar-refractivity contribution in [2.24, 2.45) is 11.8 Å². The fraction of sp³-hybridized carbons (Fsp3) is 0.385. The summed E-state index contributed by atoms with van der Waals surface area (Å²) in [5, 5.41) is 8.88. The molecule has 0 radical (unpaired) electrons. The molecule has 2 atom stereocenters. The van der Waals surface area contributed by atoms with E-state index in [1.165, 1.54) is 17.7 Å². The van der Waals surface area contributed by atoms with Crippen molar-refractivity contribution in [3.8, 4) is 0 Å². The predicted molar refractivity (Wildman–Crippen MR) is 127 cm³/mol. The average molecular weight is 468 g/mol. The van der Waals surface area contributed by atoms with E-state index in [1.54, 1.807) is 18.2 Å². The molecule has 33 heavy (non-hydrogen) atoms. The summed E-state index contributed by atoms with van der Waals surface area (Å²) in [7, 11) is 0. The number of halogens is 2. The number of nitrogens with zero attached hydrogens (tertiary/aromatic N) is 2. The Bertz CT molecular complexity index is 1170. The molecule has 2 aromatic carbocycles. The summed E-state index contributed by atoms with van der Waals surface area (Å²) in [5.41, 5.74) is 3.65. The first-order valence-corrected chi connectivity index (χ1v) is 11.8. The van der Waals surface area contributed by atoms with E-state index in [0.717, 1.165) is 49.1 Å². The quantitative estimate of drug-likeness (QED) is 0.499. The summed E-state index contributed by atoms with van der Waals surface area (Å²) in [6.07, 6.45) is 2.36. The minimum absolute atomic E-state index is 0.0244. The number of rotatable bonds is 7. The molecule has 0 unspecified atom stereocenters. The Kier molecular flexibility index (Phi) is 6.21. The van der Waals surface area contributed by atoms with E-state index in [1.807, 2.05) is 12.1 Å². The number of nitrogens with one attached hydrogen (secondary N) is 1. The highest BCUT2D eigenvalue weighted by molar-refractivity contribution is 6.30. The maximum atomic E-state index is 13.4. The van der Waals surface area contributed by atoms with E-state index in [4.69, 9.17) is 16.1 Å². The van der Waals surface area contributed by atoms with Crippen molar-refractivity contribution < 1.29 is 13.7 Å². The van der Waals surface area contributed by atoms with E-state index in [-0.39, 0.29) is 11.7 Å². The number of benzene rings is 2. The zero-order chi connectivity index (χ0) is 22.9. The Hall–Kier alpha value is -2.70. The van der Waals surface area contributed by atoms with Gasteiger partial charge in [-0.1, -0.05) is 41.0 Å². The van der Waals surface area contributed by atoms with Crippen LogP contribution in [-0.2, 0) is 11.2 Å². The van der Waals surface area contributed by atoms with E-state index >= 15 is 0 Å². The zero-order valence-electron chi connectivity index (χ0n) is 18.4. The Morgan fingerprint density at radius 3 is 2.70 bits per heavy atom. The maximum absolute atomic E-state index is 13.4. The summed E-state index contributed by atoms with van der Waals surface area (Å²) in [4.78, 5) is 14.8. The Balaban J connectivity index is 1.07. The lowest BCUT2D eigenvalue weighted by Gasteiger charge is -2.31. The highest BCUT2D eigenvalue weighted by Gasteiger charge is 2.43. The van der Waals surface area contributed by atoms with E-state index in [2.05, 4.69) is 22.0 Å².